The van der Waals surface area contributed by atoms with Crippen molar-refractivity contribution in [2.24, 2.45) is 11.3 Å². The van der Waals surface area contributed by atoms with Crippen LogP contribution in [0.2, 0.25) is 0 Å². The van der Waals surface area contributed by atoms with Crippen LogP contribution in [0, 0.1) is 11.3 Å². The first-order chi connectivity index (χ1) is 14.1. The third-order valence-corrected chi connectivity index (χ3v) is 4.19. The summed E-state index contributed by atoms with van der Waals surface area (Å²) in [6.45, 7) is 10.1. The minimum absolute atomic E-state index is 0.0893. The normalized spacial score (nSPS) is 11.0. The fourth-order valence-electron chi connectivity index (χ4n) is 2.36. The van der Waals surface area contributed by atoms with Crippen LogP contribution in [0.3, 0.4) is 0 Å². The van der Waals surface area contributed by atoms with Gasteiger partial charge in [-0.3, -0.25) is 14.9 Å². The summed E-state index contributed by atoms with van der Waals surface area (Å²) in [6, 6.07) is 14.2. The van der Waals surface area contributed by atoms with Crippen LogP contribution in [0.15, 0.2) is 48.5 Å². The number of amides is 2. The zero-order chi connectivity index (χ0) is 22.3. The van der Waals surface area contributed by atoms with E-state index in [1.807, 2.05) is 40.7 Å². The minimum atomic E-state index is -0.502. The predicted octanol–water partition coefficient (Wildman–Crippen LogP) is 4.83. The molecule has 0 unspecified atom stereocenters. The average Bonchev–Trinajstić information content (AvgIpc) is 2.66. The van der Waals surface area contributed by atoms with Gasteiger partial charge in [0.15, 0.2) is 5.11 Å². The highest BCUT2D eigenvalue weighted by molar-refractivity contribution is 7.80. The molecule has 2 rings (SSSR count). The molecular weight excluding hydrogens is 398 g/mol. The maximum atomic E-state index is 12.7. The molecule has 0 atom stereocenters. The second kappa shape index (κ2) is 10.2. The Balaban J connectivity index is 2.02. The highest BCUT2D eigenvalue weighted by Gasteiger charge is 2.21. The van der Waals surface area contributed by atoms with Crippen molar-refractivity contribution in [3.05, 3.63) is 54.1 Å². The van der Waals surface area contributed by atoms with Gasteiger partial charge in [-0.15, -0.1) is 0 Å². The largest absolute Gasteiger partial charge is 0.492 e. The maximum Gasteiger partial charge on any atom is 0.261 e. The fraction of sp³-hybridized carbons (Fsp3) is 0.348. The van der Waals surface area contributed by atoms with Gasteiger partial charge in [0.2, 0.25) is 5.91 Å². The number of ether oxygens (including phenoxy) is 1. The van der Waals surface area contributed by atoms with Gasteiger partial charge in [0.25, 0.3) is 5.91 Å². The first kappa shape index (κ1) is 23.3. The molecule has 6 nitrogen and oxygen atoms in total. The topological polar surface area (TPSA) is 79.5 Å². The van der Waals surface area contributed by atoms with E-state index >= 15 is 0 Å². The summed E-state index contributed by atoms with van der Waals surface area (Å²) < 4.78 is 5.73. The molecule has 0 aliphatic heterocycles. The molecule has 3 N–H and O–H groups in total. The molecule has 30 heavy (non-hydrogen) atoms. The summed E-state index contributed by atoms with van der Waals surface area (Å²) in [5.41, 5.74) is 1.20. The van der Waals surface area contributed by atoms with Crippen LogP contribution in [0.4, 0.5) is 11.4 Å². The number of thiocarbonyl (C=S) groups is 1. The second-order valence-corrected chi connectivity index (χ2v) is 8.80. The molecule has 0 spiro atoms. The molecule has 2 aromatic carbocycles. The molecule has 0 saturated carbocycles. The van der Waals surface area contributed by atoms with Gasteiger partial charge in [0.05, 0.1) is 12.2 Å². The van der Waals surface area contributed by atoms with Crippen LogP contribution >= 0.6 is 12.2 Å². The first-order valence-electron chi connectivity index (χ1n) is 9.82. The lowest BCUT2D eigenvalue weighted by molar-refractivity contribution is -0.123. The van der Waals surface area contributed by atoms with Crippen molar-refractivity contribution in [2.75, 3.05) is 17.2 Å². The van der Waals surface area contributed by atoms with Crippen molar-refractivity contribution in [1.29, 1.82) is 0 Å². The molecule has 0 saturated heterocycles. The zero-order valence-electron chi connectivity index (χ0n) is 18.0. The average molecular weight is 428 g/mol. The van der Waals surface area contributed by atoms with E-state index in [-0.39, 0.29) is 16.9 Å². The molecule has 0 radical (unpaired) electrons. The van der Waals surface area contributed by atoms with Crippen molar-refractivity contribution in [2.45, 2.75) is 34.6 Å². The maximum absolute atomic E-state index is 12.7. The molecule has 2 amide bonds. The minimum Gasteiger partial charge on any atom is -0.492 e. The summed E-state index contributed by atoms with van der Waals surface area (Å²) in [6.07, 6.45) is 0. The molecule has 2 aromatic rings. The SMILES string of the molecule is CC(C)COc1ccccc1C(=O)NC(=S)Nc1cccc(NC(=O)C(C)(C)C)c1. The molecule has 160 valence electrons. The van der Waals surface area contributed by atoms with Crippen molar-refractivity contribution >= 4 is 40.5 Å². The van der Waals surface area contributed by atoms with Crippen molar-refractivity contribution in [3.8, 4) is 5.75 Å². The van der Waals surface area contributed by atoms with Gasteiger partial charge in [0, 0.05) is 16.8 Å². The first-order valence-corrected chi connectivity index (χ1v) is 10.2. The number of anilines is 2. The number of carbonyl (C=O) groups is 2. The molecule has 0 aliphatic carbocycles. The molecule has 0 heterocycles. The van der Waals surface area contributed by atoms with E-state index in [0.29, 0.717) is 35.2 Å². The summed E-state index contributed by atoms with van der Waals surface area (Å²) in [4.78, 5) is 24.8. The Bertz CT molecular complexity index is 920. The van der Waals surface area contributed by atoms with Gasteiger partial charge in [-0.1, -0.05) is 52.8 Å². The molecular formula is C23H29N3O3S. The molecule has 0 fully saturated rings. The van der Waals surface area contributed by atoms with E-state index in [9.17, 15) is 9.59 Å². The van der Waals surface area contributed by atoms with Crippen LogP contribution < -0.4 is 20.7 Å². The third kappa shape index (κ3) is 7.15. The summed E-state index contributed by atoms with van der Waals surface area (Å²) in [5.74, 6) is 0.408. The van der Waals surface area contributed by atoms with Gasteiger partial charge >= 0.3 is 0 Å². The summed E-state index contributed by atoms with van der Waals surface area (Å²) in [7, 11) is 0. The highest BCUT2D eigenvalue weighted by atomic mass is 32.1. The van der Waals surface area contributed by atoms with Crippen LogP contribution in [-0.4, -0.2) is 23.5 Å². The summed E-state index contributed by atoms with van der Waals surface area (Å²) >= 11 is 5.28. The predicted molar refractivity (Wildman–Crippen MR) is 125 cm³/mol. The quantitative estimate of drug-likeness (QED) is 0.575. The standard InChI is InChI=1S/C23H29N3O3S/c1-15(2)14-29-19-12-7-6-11-18(19)20(27)26-22(30)25-17-10-8-9-16(13-17)24-21(28)23(3,4)5/h6-13,15H,14H2,1-5H3,(H,24,28)(H2,25,26,27,30). The molecule has 0 aliphatic rings. The lowest BCUT2D eigenvalue weighted by Gasteiger charge is -2.18. The Labute approximate surface area is 183 Å². The summed E-state index contributed by atoms with van der Waals surface area (Å²) in [5, 5.41) is 8.66. The Morgan fingerprint density at radius 3 is 2.27 bits per heavy atom. The Morgan fingerprint density at radius 2 is 1.63 bits per heavy atom. The zero-order valence-corrected chi connectivity index (χ0v) is 18.9. The number of carbonyl (C=O) groups excluding carboxylic acids is 2. The van der Waals surface area contributed by atoms with Gasteiger partial charge in [0.1, 0.15) is 5.75 Å². The molecule has 0 aromatic heterocycles. The van der Waals surface area contributed by atoms with E-state index < -0.39 is 5.41 Å². The van der Waals surface area contributed by atoms with Crippen molar-refractivity contribution in [1.82, 2.24) is 5.32 Å². The van der Waals surface area contributed by atoms with Gasteiger partial charge in [-0.25, -0.2) is 0 Å². The van der Waals surface area contributed by atoms with Crippen LogP contribution in [-0.2, 0) is 4.79 Å². The third-order valence-electron chi connectivity index (χ3n) is 3.99. The number of para-hydroxylation sites is 1. The van der Waals surface area contributed by atoms with Crippen LogP contribution in [0.5, 0.6) is 5.75 Å². The Kier molecular flexibility index (Phi) is 7.94. The van der Waals surface area contributed by atoms with Crippen LogP contribution in [0.25, 0.3) is 0 Å². The lowest BCUT2D eigenvalue weighted by Crippen LogP contribution is -2.34. The van der Waals surface area contributed by atoms with E-state index in [2.05, 4.69) is 16.0 Å². The number of hydrogen-bond donors (Lipinski definition) is 3. The molecule has 7 heteroatoms. The van der Waals surface area contributed by atoms with E-state index in [4.69, 9.17) is 17.0 Å². The Hall–Kier alpha value is -2.93. The van der Waals surface area contributed by atoms with Gasteiger partial charge < -0.3 is 15.4 Å². The van der Waals surface area contributed by atoms with Crippen molar-refractivity contribution in [3.63, 3.8) is 0 Å². The monoisotopic (exact) mass is 427 g/mol. The van der Waals surface area contributed by atoms with Crippen LogP contribution in [0.1, 0.15) is 45.0 Å². The number of hydrogen-bond acceptors (Lipinski definition) is 4. The van der Waals surface area contributed by atoms with Crippen molar-refractivity contribution < 1.29 is 14.3 Å². The van der Waals surface area contributed by atoms with E-state index in [1.54, 1.807) is 42.5 Å². The number of benzene rings is 2. The fourth-order valence-corrected chi connectivity index (χ4v) is 2.57. The number of nitrogens with one attached hydrogen (secondary N) is 3. The van der Waals surface area contributed by atoms with Gasteiger partial charge in [-0.05, 0) is 48.5 Å². The van der Waals surface area contributed by atoms with Gasteiger partial charge in [-0.2, -0.15) is 0 Å². The second-order valence-electron chi connectivity index (χ2n) is 8.39. The lowest BCUT2D eigenvalue weighted by atomic mass is 9.95. The molecule has 0 bridgehead atoms. The highest BCUT2D eigenvalue weighted by Crippen LogP contribution is 2.21. The smallest absolute Gasteiger partial charge is 0.261 e. The van der Waals surface area contributed by atoms with E-state index in [1.165, 1.54) is 0 Å². The Morgan fingerprint density at radius 1 is 1.00 bits per heavy atom. The number of rotatable bonds is 6. The van der Waals surface area contributed by atoms with E-state index in [0.717, 1.165) is 0 Å².